The van der Waals surface area contributed by atoms with Crippen molar-refractivity contribution in [3.05, 3.63) is 73.4 Å². The number of rotatable bonds is 2. The summed E-state index contributed by atoms with van der Waals surface area (Å²) in [6.07, 6.45) is 4.54. The van der Waals surface area contributed by atoms with Crippen molar-refractivity contribution < 1.29 is 8.83 Å². The van der Waals surface area contributed by atoms with Gasteiger partial charge in [-0.3, -0.25) is 9.36 Å². The predicted octanol–water partition coefficient (Wildman–Crippen LogP) is 1.05. The molecule has 7 nitrogen and oxygen atoms in total. The van der Waals surface area contributed by atoms with E-state index in [1.165, 1.54) is 17.1 Å². The molecule has 0 radical (unpaired) electrons. The van der Waals surface area contributed by atoms with Crippen LogP contribution in [0, 0.1) is 22.7 Å². The van der Waals surface area contributed by atoms with E-state index < -0.39 is 11.5 Å². The predicted molar refractivity (Wildman–Crippen MR) is 93.6 cm³/mol. The third kappa shape index (κ3) is 2.21. The molecule has 8 heteroatoms. The van der Waals surface area contributed by atoms with Gasteiger partial charge in [-0.25, -0.2) is 0 Å². The molecule has 126 valence electrons. The minimum Gasteiger partial charge on any atom is -0.468 e. The van der Waals surface area contributed by atoms with E-state index in [1.54, 1.807) is 30.3 Å². The Kier molecular flexibility index (Phi) is 3.61. The fourth-order valence-corrected chi connectivity index (χ4v) is 4.00. The molecule has 1 aliphatic heterocycles. The SMILES string of the molecule is N#CC1=C(N)n2c(s/c(=C/c3ccco3)c2=O)=C(C#N)[C@@H]1c1ccco1. The van der Waals surface area contributed by atoms with Crippen molar-refractivity contribution in [2.75, 3.05) is 0 Å². The Hall–Kier alpha value is -3.75. The van der Waals surface area contributed by atoms with Crippen LogP contribution in [0.3, 0.4) is 0 Å². The van der Waals surface area contributed by atoms with Crippen LogP contribution in [0.25, 0.3) is 17.5 Å². The second kappa shape index (κ2) is 5.96. The number of hydrogen-bond acceptors (Lipinski definition) is 7. The first-order valence-electron chi connectivity index (χ1n) is 7.50. The van der Waals surface area contributed by atoms with E-state index in [1.807, 2.05) is 6.07 Å². The van der Waals surface area contributed by atoms with Crippen LogP contribution in [0.5, 0.6) is 0 Å². The molecule has 0 saturated heterocycles. The zero-order chi connectivity index (χ0) is 18.3. The normalized spacial score (nSPS) is 17.1. The molecule has 3 aromatic heterocycles. The van der Waals surface area contributed by atoms with Gasteiger partial charge < -0.3 is 14.6 Å². The maximum Gasteiger partial charge on any atom is 0.274 e. The summed E-state index contributed by atoms with van der Waals surface area (Å²) < 4.78 is 12.6. The molecule has 1 atom stereocenters. The zero-order valence-corrected chi connectivity index (χ0v) is 14.0. The van der Waals surface area contributed by atoms with Crippen molar-refractivity contribution in [1.82, 2.24) is 4.57 Å². The third-order valence-corrected chi connectivity index (χ3v) is 5.14. The van der Waals surface area contributed by atoms with E-state index in [4.69, 9.17) is 14.6 Å². The van der Waals surface area contributed by atoms with E-state index in [0.29, 0.717) is 20.7 Å². The van der Waals surface area contributed by atoms with Gasteiger partial charge in [0.2, 0.25) is 0 Å². The molecule has 0 spiro atoms. The van der Waals surface area contributed by atoms with Crippen molar-refractivity contribution in [2.24, 2.45) is 5.73 Å². The Labute approximate surface area is 150 Å². The lowest BCUT2D eigenvalue weighted by atomic mass is 9.88. The summed E-state index contributed by atoms with van der Waals surface area (Å²) in [7, 11) is 0. The van der Waals surface area contributed by atoms with Crippen LogP contribution < -0.4 is 20.5 Å². The quantitative estimate of drug-likeness (QED) is 0.727. The van der Waals surface area contributed by atoms with E-state index >= 15 is 0 Å². The van der Waals surface area contributed by atoms with Crippen molar-refractivity contribution in [2.45, 2.75) is 5.92 Å². The summed E-state index contributed by atoms with van der Waals surface area (Å²) in [5.41, 5.74) is 6.07. The molecule has 3 aromatic rings. The molecule has 26 heavy (non-hydrogen) atoms. The molecule has 0 aromatic carbocycles. The van der Waals surface area contributed by atoms with Crippen LogP contribution >= 0.6 is 11.3 Å². The Bertz CT molecular complexity index is 1280. The van der Waals surface area contributed by atoms with Gasteiger partial charge in [-0.2, -0.15) is 10.5 Å². The van der Waals surface area contributed by atoms with Gasteiger partial charge in [0.15, 0.2) is 0 Å². The van der Waals surface area contributed by atoms with E-state index in [-0.39, 0.29) is 17.0 Å². The first-order valence-corrected chi connectivity index (χ1v) is 8.32. The van der Waals surface area contributed by atoms with Gasteiger partial charge in [-0.05, 0) is 24.3 Å². The van der Waals surface area contributed by atoms with E-state index in [2.05, 4.69) is 6.07 Å². The van der Waals surface area contributed by atoms with Gasteiger partial charge >= 0.3 is 0 Å². The Balaban J connectivity index is 2.11. The van der Waals surface area contributed by atoms with Gasteiger partial charge in [0.05, 0.1) is 46.3 Å². The Morgan fingerprint density at radius 2 is 1.88 bits per heavy atom. The maximum absolute atomic E-state index is 12.8. The van der Waals surface area contributed by atoms with Gasteiger partial charge in [-0.15, -0.1) is 11.3 Å². The van der Waals surface area contributed by atoms with Crippen LogP contribution in [0.1, 0.15) is 17.4 Å². The molecule has 1 aliphatic rings. The standard InChI is InChI=1S/C18H10N4O3S/c19-8-11-15(13-4-2-6-25-13)12(9-20)18-22(16(11)21)17(23)14(26-18)7-10-3-1-5-24-10/h1-7,15H,21H2/b14-7+/t15-/m1/s1. The molecule has 0 aliphatic carbocycles. The first kappa shape index (κ1) is 15.8. The second-order valence-corrected chi connectivity index (χ2v) is 6.49. The molecule has 0 saturated carbocycles. The van der Waals surface area contributed by atoms with Crippen molar-refractivity contribution in [1.29, 1.82) is 10.5 Å². The van der Waals surface area contributed by atoms with Crippen LogP contribution in [0.4, 0.5) is 0 Å². The van der Waals surface area contributed by atoms with Gasteiger partial charge in [0.1, 0.15) is 22.0 Å². The largest absolute Gasteiger partial charge is 0.468 e. The van der Waals surface area contributed by atoms with Crippen molar-refractivity contribution in [3.63, 3.8) is 0 Å². The molecule has 0 fully saturated rings. The number of hydrogen-bond donors (Lipinski definition) is 1. The number of nitriles is 2. The lowest BCUT2D eigenvalue weighted by molar-refractivity contribution is 0.508. The highest BCUT2D eigenvalue weighted by atomic mass is 32.1. The zero-order valence-electron chi connectivity index (χ0n) is 13.2. The van der Waals surface area contributed by atoms with Gasteiger partial charge in [0.25, 0.3) is 5.56 Å². The summed E-state index contributed by atoms with van der Waals surface area (Å²) in [5.74, 6) is 0.188. The van der Waals surface area contributed by atoms with E-state index in [0.717, 1.165) is 11.3 Å². The van der Waals surface area contributed by atoms with Gasteiger partial charge in [-0.1, -0.05) is 0 Å². The lowest BCUT2D eigenvalue weighted by Gasteiger charge is -2.19. The summed E-state index contributed by atoms with van der Waals surface area (Å²) in [5, 5.41) is 19.3. The Morgan fingerprint density at radius 3 is 2.50 bits per heavy atom. The smallest absolute Gasteiger partial charge is 0.274 e. The summed E-state index contributed by atoms with van der Waals surface area (Å²) in [4.78, 5) is 12.8. The molecular weight excluding hydrogens is 352 g/mol. The first-order chi connectivity index (χ1) is 12.7. The molecule has 4 heterocycles. The van der Waals surface area contributed by atoms with Crippen molar-refractivity contribution >= 4 is 28.8 Å². The third-order valence-electron chi connectivity index (χ3n) is 4.03. The summed E-state index contributed by atoms with van der Waals surface area (Å²) in [6, 6.07) is 10.9. The van der Waals surface area contributed by atoms with E-state index in [9.17, 15) is 15.3 Å². The van der Waals surface area contributed by atoms with Crippen LogP contribution in [-0.4, -0.2) is 4.57 Å². The van der Waals surface area contributed by atoms with Crippen LogP contribution in [-0.2, 0) is 0 Å². The van der Waals surface area contributed by atoms with Crippen LogP contribution in [0.15, 0.2) is 56.0 Å². The van der Waals surface area contributed by atoms with Gasteiger partial charge in [0, 0.05) is 6.08 Å². The summed E-state index contributed by atoms with van der Waals surface area (Å²) >= 11 is 1.12. The lowest BCUT2D eigenvalue weighted by Crippen LogP contribution is -2.38. The molecule has 0 amide bonds. The number of nitrogens with zero attached hydrogens (tertiary/aromatic N) is 3. The number of fused-ring (bicyclic) bond motifs is 1. The maximum atomic E-state index is 12.8. The average molecular weight is 362 g/mol. The van der Waals surface area contributed by atoms with Crippen LogP contribution in [0.2, 0.25) is 0 Å². The number of aromatic nitrogens is 1. The molecule has 0 bridgehead atoms. The number of nitrogens with two attached hydrogens (primary N) is 1. The molecular formula is C18H10N4O3S. The number of thiazole rings is 1. The molecule has 0 unspecified atom stereocenters. The number of allylic oxidation sites excluding steroid dienone is 1. The highest BCUT2D eigenvalue weighted by molar-refractivity contribution is 7.07. The highest BCUT2D eigenvalue weighted by Crippen LogP contribution is 2.35. The second-order valence-electron chi connectivity index (χ2n) is 5.46. The van der Waals surface area contributed by atoms with Crippen molar-refractivity contribution in [3.8, 4) is 12.1 Å². The fourth-order valence-electron chi connectivity index (χ4n) is 2.89. The monoisotopic (exact) mass is 362 g/mol. The molecule has 4 rings (SSSR count). The minimum absolute atomic E-state index is 0.00300. The molecule has 2 N–H and O–H groups in total. The Morgan fingerprint density at radius 1 is 1.15 bits per heavy atom. The highest BCUT2D eigenvalue weighted by Gasteiger charge is 2.33. The topological polar surface area (TPSA) is 122 Å². The number of furan rings is 2. The average Bonchev–Trinajstić information content (AvgIpc) is 3.38. The minimum atomic E-state index is -0.741. The fraction of sp³-hybridized carbons (Fsp3) is 0.0556. The summed E-state index contributed by atoms with van der Waals surface area (Å²) in [6.45, 7) is 0.